The molecule has 0 atom stereocenters. The van der Waals surface area contributed by atoms with E-state index >= 15 is 0 Å². The summed E-state index contributed by atoms with van der Waals surface area (Å²) in [6.07, 6.45) is 5.67. The van der Waals surface area contributed by atoms with Gasteiger partial charge in [-0.3, -0.25) is 9.59 Å². The molecule has 0 radical (unpaired) electrons. The number of nitrogens with zero attached hydrogens (tertiary/aromatic N) is 2. The zero-order valence-corrected chi connectivity index (χ0v) is 19.4. The maximum absolute atomic E-state index is 12.3. The van der Waals surface area contributed by atoms with Crippen molar-refractivity contribution in [1.82, 2.24) is 15.5 Å². The van der Waals surface area contributed by atoms with Crippen LogP contribution in [0.2, 0.25) is 0 Å². The summed E-state index contributed by atoms with van der Waals surface area (Å²) in [6.45, 7) is 0.411. The number of ether oxygens (including phenoxy) is 1. The molecule has 1 saturated carbocycles. The predicted octanol–water partition coefficient (Wildman–Crippen LogP) is 4.51. The first-order valence-corrected chi connectivity index (χ1v) is 11.7. The lowest BCUT2D eigenvalue weighted by atomic mass is 10.1. The van der Waals surface area contributed by atoms with Gasteiger partial charge in [0, 0.05) is 36.6 Å². The number of hydrogen-bond acceptors (Lipinski definition) is 6. The highest BCUT2D eigenvalue weighted by molar-refractivity contribution is 5.92. The third-order valence-electron chi connectivity index (χ3n) is 6.02. The summed E-state index contributed by atoms with van der Waals surface area (Å²) < 4.78 is 10.5. The average molecular weight is 463 g/mol. The number of anilines is 1. The molecule has 0 unspecified atom stereocenters. The van der Waals surface area contributed by atoms with Crippen LogP contribution in [0.15, 0.2) is 53.1 Å². The summed E-state index contributed by atoms with van der Waals surface area (Å²) >= 11 is 0. The maximum atomic E-state index is 12.3. The van der Waals surface area contributed by atoms with Crippen molar-refractivity contribution in [2.24, 2.45) is 5.92 Å². The first kappa shape index (κ1) is 23.5. The summed E-state index contributed by atoms with van der Waals surface area (Å²) in [5, 5.41) is 9.95. The lowest BCUT2D eigenvalue weighted by Gasteiger charge is -2.12. The SMILES string of the molecule is COc1ccc(-c2noc(CCCC(=O)NCc3cccc(NC(=O)C4CCCC4)c3)n2)cc1. The summed E-state index contributed by atoms with van der Waals surface area (Å²) in [4.78, 5) is 29.0. The second kappa shape index (κ2) is 11.4. The molecule has 1 aromatic heterocycles. The number of methoxy groups -OCH3 is 1. The van der Waals surface area contributed by atoms with Gasteiger partial charge in [0.1, 0.15) is 5.75 Å². The second-order valence-electron chi connectivity index (χ2n) is 8.54. The number of aryl methyl sites for hydroxylation is 1. The van der Waals surface area contributed by atoms with Crippen molar-refractivity contribution in [3.05, 3.63) is 60.0 Å². The van der Waals surface area contributed by atoms with E-state index in [1.807, 2.05) is 48.5 Å². The fourth-order valence-electron chi connectivity index (χ4n) is 4.09. The van der Waals surface area contributed by atoms with Crippen molar-refractivity contribution in [1.29, 1.82) is 0 Å². The van der Waals surface area contributed by atoms with E-state index in [1.165, 1.54) is 0 Å². The molecule has 0 saturated heterocycles. The summed E-state index contributed by atoms with van der Waals surface area (Å²) in [6, 6.07) is 15.0. The molecule has 2 N–H and O–H groups in total. The van der Waals surface area contributed by atoms with Gasteiger partial charge in [-0.25, -0.2) is 0 Å². The van der Waals surface area contributed by atoms with E-state index in [2.05, 4.69) is 20.8 Å². The van der Waals surface area contributed by atoms with Gasteiger partial charge in [0.05, 0.1) is 7.11 Å². The van der Waals surface area contributed by atoms with Gasteiger partial charge in [-0.15, -0.1) is 0 Å². The van der Waals surface area contributed by atoms with Gasteiger partial charge in [0.25, 0.3) is 0 Å². The predicted molar refractivity (Wildman–Crippen MR) is 128 cm³/mol. The van der Waals surface area contributed by atoms with E-state index in [0.29, 0.717) is 37.5 Å². The average Bonchev–Trinajstić information content (AvgIpc) is 3.56. The van der Waals surface area contributed by atoms with E-state index in [1.54, 1.807) is 7.11 Å². The van der Waals surface area contributed by atoms with Crippen LogP contribution >= 0.6 is 0 Å². The fourth-order valence-corrected chi connectivity index (χ4v) is 4.09. The van der Waals surface area contributed by atoms with Crippen molar-refractivity contribution in [2.45, 2.75) is 51.5 Å². The Morgan fingerprint density at radius 2 is 1.91 bits per heavy atom. The second-order valence-corrected chi connectivity index (χ2v) is 8.54. The molecule has 178 valence electrons. The van der Waals surface area contributed by atoms with E-state index in [0.717, 1.165) is 48.2 Å². The minimum Gasteiger partial charge on any atom is -0.497 e. The number of amides is 2. The van der Waals surface area contributed by atoms with E-state index in [-0.39, 0.29) is 17.7 Å². The number of carbonyl (C=O) groups excluding carboxylic acids is 2. The van der Waals surface area contributed by atoms with Crippen molar-refractivity contribution in [3.8, 4) is 17.1 Å². The topological polar surface area (TPSA) is 106 Å². The number of carbonyl (C=O) groups is 2. The monoisotopic (exact) mass is 462 g/mol. The largest absolute Gasteiger partial charge is 0.497 e. The minimum absolute atomic E-state index is 0.0460. The number of nitrogens with one attached hydrogen (secondary N) is 2. The molecule has 3 aromatic rings. The Morgan fingerprint density at radius 3 is 2.68 bits per heavy atom. The van der Waals surface area contributed by atoms with Gasteiger partial charge in [-0.1, -0.05) is 30.1 Å². The van der Waals surface area contributed by atoms with Gasteiger partial charge in [0.15, 0.2) is 0 Å². The quantitative estimate of drug-likeness (QED) is 0.459. The zero-order valence-electron chi connectivity index (χ0n) is 19.4. The highest BCUT2D eigenvalue weighted by Crippen LogP contribution is 2.26. The summed E-state index contributed by atoms with van der Waals surface area (Å²) in [5.74, 6) is 1.95. The third-order valence-corrected chi connectivity index (χ3v) is 6.02. The molecule has 1 fully saturated rings. The Kier molecular flexibility index (Phi) is 7.91. The highest BCUT2D eigenvalue weighted by Gasteiger charge is 2.22. The van der Waals surface area contributed by atoms with Crippen LogP contribution in [0.5, 0.6) is 5.75 Å². The smallest absolute Gasteiger partial charge is 0.227 e. The van der Waals surface area contributed by atoms with E-state index in [9.17, 15) is 9.59 Å². The molecule has 2 amide bonds. The normalized spacial score (nSPS) is 13.6. The number of benzene rings is 2. The zero-order chi connectivity index (χ0) is 23.8. The van der Waals surface area contributed by atoms with Crippen LogP contribution < -0.4 is 15.4 Å². The molecule has 1 heterocycles. The maximum Gasteiger partial charge on any atom is 0.227 e. The van der Waals surface area contributed by atoms with Crippen LogP contribution in [0, 0.1) is 5.92 Å². The van der Waals surface area contributed by atoms with Gasteiger partial charge < -0.3 is 19.9 Å². The molecule has 8 nitrogen and oxygen atoms in total. The van der Waals surface area contributed by atoms with Crippen molar-refractivity contribution < 1.29 is 18.8 Å². The number of aromatic nitrogens is 2. The van der Waals surface area contributed by atoms with Gasteiger partial charge in [-0.2, -0.15) is 4.98 Å². The van der Waals surface area contributed by atoms with E-state index < -0.39 is 0 Å². The van der Waals surface area contributed by atoms with Crippen LogP contribution in [-0.4, -0.2) is 29.1 Å². The van der Waals surface area contributed by atoms with Crippen LogP contribution in [-0.2, 0) is 22.6 Å². The first-order valence-electron chi connectivity index (χ1n) is 11.7. The van der Waals surface area contributed by atoms with Gasteiger partial charge in [-0.05, 0) is 61.2 Å². The van der Waals surface area contributed by atoms with Crippen molar-refractivity contribution >= 4 is 17.5 Å². The first-order chi connectivity index (χ1) is 16.6. The standard InChI is InChI=1S/C26H30N4O4/c1-33-22-14-12-19(13-15-22)25-29-24(34-30-25)11-5-10-23(31)27-17-18-6-4-9-21(16-18)28-26(32)20-7-2-3-8-20/h4,6,9,12-16,20H,2-3,5,7-8,10-11,17H2,1H3,(H,27,31)(H,28,32). The number of rotatable bonds is 10. The summed E-state index contributed by atoms with van der Waals surface area (Å²) in [5.41, 5.74) is 2.56. The lowest BCUT2D eigenvalue weighted by molar-refractivity contribution is -0.121. The van der Waals surface area contributed by atoms with Crippen LogP contribution in [0.25, 0.3) is 11.4 Å². The molecule has 4 rings (SSSR count). The van der Waals surface area contributed by atoms with Gasteiger partial charge >= 0.3 is 0 Å². The molecular formula is C26H30N4O4. The summed E-state index contributed by atoms with van der Waals surface area (Å²) in [7, 11) is 1.62. The molecule has 0 aliphatic heterocycles. The molecule has 8 heteroatoms. The Bertz CT molecular complexity index is 1100. The molecule has 1 aliphatic carbocycles. The molecular weight excluding hydrogens is 432 g/mol. The molecule has 0 spiro atoms. The Morgan fingerprint density at radius 1 is 1.12 bits per heavy atom. The van der Waals surface area contributed by atoms with Crippen LogP contribution in [0.1, 0.15) is 50.0 Å². The third kappa shape index (κ3) is 6.43. The Hall–Kier alpha value is -3.68. The van der Waals surface area contributed by atoms with Crippen molar-refractivity contribution in [3.63, 3.8) is 0 Å². The lowest BCUT2D eigenvalue weighted by Crippen LogP contribution is -2.23. The molecule has 2 aromatic carbocycles. The van der Waals surface area contributed by atoms with E-state index in [4.69, 9.17) is 9.26 Å². The highest BCUT2D eigenvalue weighted by atomic mass is 16.5. The molecule has 0 bridgehead atoms. The number of hydrogen-bond donors (Lipinski definition) is 2. The molecule has 1 aliphatic rings. The minimum atomic E-state index is -0.0460. The Labute approximate surface area is 199 Å². The molecule has 34 heavy (non-hydrogen) atoms. The van der Waals surface area contributed by atoms with Crippen LogP contribution in [0.4, 0.5) is 5.69 Å². The van der Waals surface area contributed by atoms with Crippen LogP contribution in [0.3, 0.4) is 0 Å². The van der Waals surface area contributed by atoms with Crippen molar-refractivity contribution in [2.75, 3.05) is 12.4 Å². The van der Waals surface area contributed by atoms with Gasteiger partial charge in [0.2, 0.25) is 23.5 Å². The Balaban J connectivity index is 1.19. The fraction of sp³-hybridized carbons (Fsp3) is 0.385.